The van der Waals surface area contributed by atoms with Gasteiger partial charge in [-0.25, -0.2) is 0 Å². The summed E-state index contributed by atoms with van der Waals surface area (Å²) >= 11 is 0. The quantitative estimate of drug-likeness (QED) is 0.770. The minimum atomic E-state index is 0.134. The standard InChI is InChI=1S/C11H15N3O/c1-7-8-4-3-5-9(15-2)11(8)14-10(6-12)13-7/h3-5,7H,6,12H2,1-2H3,(H,13,14). The second-order valence-corrected chi connectivity index (χ2v) is 3.51. The first kappa shape index (κ1) is 9.98. The maximum atomic E-state index is 5.58. The number of amidine groups is 1. The molecule has 1 aliphatic heterocycles. The molecule has 0 fully saturated rings. The molecule has 1 aromatic carbocycles. The van der Waals surface area contributed by atoms with E-state index in [1.165, 1.54) is 0 Å². The number of anilines is 1. The molecule has 0 radical (unpaired) electrons. The van der Waals surface area contributed by atoms with E-state index in [4.69, 9.17) is 10.5 Å². The summed E-state index contributed by atoms with van der Waals surface area (Å²) in [7, 11) is 1.66. The number of benzene rings is 1. The van der Waals surface area contributed by atoms with Gasteiger partial charge in [0.15, 0.2) is 0 Å². The number of nitrogens with one attached hydrogen (secondary N) is 1. The average Bonchev–Trinajstić information content (AvgIpc) is 2.28. The Bertz CT molecular complexity index is 401. The number of fused-ring (bicyclic) bond motifs is 1. The van der Waals surface area contributed by atoms with Crippen LogP contribution in [0.1, 0.15) is 18.5 Å². The van der Waals surface area contributed by atoms with Crippen LogP contribution in [0, 0.1) is 0 Å². The van der Waals surface area contributed by atoms with E-state index in [0.29, 0.717) is 6.54 Å². The van der Waals surface area contributed by atoms with Crippen molar-refractivity contribution >= 4 is 11.5 Å². The van der Waals surface area contributed by atoms with Crippen LogP contribution in [-0.4, -0.2) is 19.5 Å². The molecule has 1 aromatic rings. The third kappa shape index (κ3) is 1.68. The zero-order chi connectivity index (χ0) is 10.8. The first-order valence-corrected chi connectivity index (χ1v) is 4.97. The second-order valence-electron chi connectivity index (χ2n) is 3.51. The van der Waals surface area contributed by atoms with Crippen LogP contribution in [0.3, 0.4) is 0 Å². The number of aliphatic imine (C=N–C) groups is 1. The number of hydrogen-bond acceptors (Lipinski definition) is 4. The summed E-state index contributed by atoms with van der Waals surface area (Å²) in [5.41, 5.74) is 7.71. The fourth-order valence-electron chi connectivity index (χ4n) is 1.78. The number of rotatable bonds is 2. The molecule has 1 heterocycles. The maximum Gasteiger partial charge on any atom is 0.142 e. The first-order valence-electron chi connectivity index (χ1n) is 4.97. The van der Waals surface area contributed by atoms with Crippen LogP contribution in [0.25, 0.3) is 0 Å². The average molecular weight is 205 g/mol. The summed E-state index contributed by atoms with van der Waals surface area (Å²) in [5, 5.41) is 3.20. The smallest absolute Gasteiger partial charge is 0.142 e. The molecular weight excluding hydrogens is 190 g/mol. The molecule has 4 heteroatoms. The van der Waals surface area contributed by atoms with E-state index in [1.54, 1.807) is 7.11 Å². The lowest BCUT2D eigenvalue weighted by atomic mass is 10.0. The van der Waals surface area contributed by atoms with E-state index in [2.05, 4.69) is 17.2 Å². The lowest BCUT2D eigenvalue weighted by Gasteiger charge is -2.24. The van der Waals surface area contributed by atoms with Crippen LogP contribution >= 0.6 is 0 Å². The van der Waals surface area contributed by atoms with Crippen LogP contribution in [0.4, 0.5) is 5.69 Å². The Hall–Kier alpha value is -1.55. The molecule has 0 amide bonds. The van der Waals surface area contributed by atoms with Crippen molar-refractivity contribution < 1.29 is 4.74 Å². The summed E-state index contributed by atoms with van der Waals surface area (Å²) in [4.78, 5) is 4.44. The Labute approximate surface area is 89.1 Å². The van der Waals surface area contributed by atoms with E-state index in [0.717, 1.165) is 22.8 Å². The topological polar surface area (TPSA) is 59.6 Å². The van der Waals surface area contributed by atoms with Crippen molar-refractivity contribution in [2.75, 3.05) is 19.0 Å². The minimum Gasteiger partial charge on any atom is -0.495 e. The third-order valence-electron chi connectivity index (χ3n) is 2.54. The van der Waals surface area contributed by atoms with Crippen molar-refractivity contribution in [2.45, 2.75) is 13.0 Å². The molecule has 3 N–H and O–H groups in total. The van der Waals surface area contributed by atoms with Gasteiger partial charge in [0.05, 0.1) is 25.4 Å². The summed E-state index contributed by atoms with van der Waals surface area (Å²) < 4.78 is 5.30. The Kier molecular flexibility index (Phi) is 2.60. The highest BCUT2D eigenvalue weighted by Gasteiger charge is 2.19. The molecule has 0 spiro atoms. The molecule has 0 saturated carbocycles. The van der Waals surface area contributed by atoms with Gasteiger partial charge >= 0.3 is 0 Å². The molecule has 1 unspecified atom stereocenters. The SMILES string of the molecule is COc1cccc2c1NC(CN)=NC2C. The molecule has 0 aliphatic carbocycles. The van der Waals surface area contributed by atoms with Gasteiger partial charge in [0.2, 0.25) is 0 Å². The Morgan fingerprint density at radius 3 is 3.00 bits per heavy atom. The van der Waals surface area contributed by atoms with Gasteiger partial charge in [0, 0.05) is 5.56 Å². The van der Waals surface area contributed by atoms with E-state index < -0.39 is 0 Å². The van der Waals surface area contributed by atoms with Crippen molar-refractivity contribution in [3.63, 3.8) is 0 Å². The van der Waals surface area contributed by atoms with Crippen molar-refractivity contribution in [1.29, 1.82) is 0 Å². The largest absolute Gasteiger partial charge is 0.495 e. The number of nitrogens with zero attached hydrogens (tertiary/aromatic N) is 1. The maximum absolute atomic E-state index is 5.58. The molecular formula is C11H15N3O. The molecule has 1 atom stereocenters. The molecule has 0 aromatic heterocycles. The van der Waals surface area contributed by atoms with Gasteiger partial charge in [-0.2, -0.15) is 0 Å². The predicted octanol–water partition coefficient (Wildman–Crippen LogP) is 1.54. The van der Waals surface area contributed by atoms with Crippen LogP contribution in [-0.2, 0) is 0 Å². The van der Waals surface area contributed by atoms with E-state index in [-0.39, 0.29) is 6.04 Å². The highest BCUT2D eigenvalue weighted by atomic mass is 16.5. The number of methoxy groups -OCH3 is 1. The lowest BCUT2D eigenvalue weighted by molar-refractivity contribution is 0.416. The monoisotopic (exact) mass is 205 g/mol. The molecule has 80 valence electrons. The zero-order valence-corrected chi connectivity index (χ0v) is 8.95. The van der Waals surface area contributed by atoms with E-state index in [1.807, 2.05) is 18.2 Å². The Balaban J connectivity index is 2.47. The molecule has 0 saturated heterocycles. The van der Waals surface area contributed by atoms with Gasteiger partial charge in [-0.3, -0.25) is 4.99 Å². The number of ether oxygens (including phenoxy) is 1. The number of hydrogen-bond donors (Lipinski definition) is 2. The lowest BCUT2D eigenvalue weighted by Crippen LogP contribution is -2.27. The van der Waals surface area contributed by atoms with Gasteiger partial charge in [0.25, 0.3) is 0 Å². The van der Waals surface area contributed by atoms with E-state index in [9.17, 15) is 0 Å². The molecule has 4 nitrogen and oxygen atoms in total. The van der Waals surface area contributed by atoms with Crippen LogP contribution in [0.15, 0.2) is 23.2 Å². The molecule has 1 aliphatic rings. The molecule has 15 heavy (non-hydrogen) atoms. The van der Waals surface area contributed by atoms with Gasteiger partial charge in [-0.15, -0.1) is 0 Å². The van der Waals surface area contributed by atoms with Crippen molar-refractivity contribution in [3.8, 4) is 5.75 Å². The highest BCUT2D eigenvalue weighted by Crippen LogP contribution is 2.36. The van der Waals surface area contributed by atoms with Crippen molar-refractivity contribution in [3.05, 3.63) is 23.8 Å². The Morgan fingerprint density at radius 1 is 1.53 bits per heavy atom. The summed E-state index contributed by atoms with van der Waals surface area (Å²) in [5.74, 6) is 1.64. The predicted molar refractivity (Wildman–Crippen MR) is 61.5 cm³/mol. The van der Waals surface area contributed by atoms with Gasteiger partial charge in [-0.05, 0) is 13.0 Å². The highest BCUT2D eigenvalue weighted by molar-refractivity contribution is 6.00. The molecule has 2 rings (SSSR count). The van der Waals surface area contributed by atoms with Gasteiger partial charge in [0.1, 0.15) is 11.6 Å². The van der Waals surface area contributed by atoms with Crippen LogP contribution in [0.5, 0.6) is 5.75 Å². The summed E-state index contributed by atoms with van der Waals surface area (Å²) in [6, 6.07) is 6.08. The summed E-state index contributed by atoms with van der Waals surface area (Å²) in [6.07, 6.45) is 0. The fraction of sp³-hybridized carbons (Fsp3) is 0.364. The third-order valence-corrected chi connectivity index (χ3v) is 2.54. The van der Waals surface area contributed by atoms with Gasteiger partial charge in [-0.1, -0.05) is 12.1 Å². The second kappa shape index (κ2) is 3.90. The van der Waals surface area contributed by atoms with Crippen LogP contribution < -0.4 is 15.8 Å². The zero-order valence-electron chi connectivity index (χ0n) is 8.95. The molecule has 0 bridgehead atoms. The van der Waals surface area contributed by atoms with E-state index >= 15 is 0 Å². The van der Waals surface area contributed by atoms with Gasteiger partial charge < -0.3 is 15.8 Å². The van der Waals surface area contributed by atoms with Crippen LogP contribution in [0.2, 0.25) is 0 Å². The van der Waals surface area contributed by atoms with Crippen molar-refractivity contribution in [1.82, 2.24) is 0 Å². The fourth-order valence-corrected chi connectivity index (χ4v) is 1.78. The number of para-hydroxylation sites is 1. The summed E-state index contributed by atoms with van der Waals surface area (Å²) in [6.45, 7) is 2.47. The normalized spacial score (nSPS) is 18.9. The Morgan fingerprint density at radius 2 is 2.33 bits per heavy atom. The first-order chi connectivity index (χ1) is 7.26. The number of nitrogens with two attached hydrogens (primary N) is 1. The van der Waals surface area contributed by atoms with Crippen molar-refractivity contribution in [2.24, 2.45) is 10.7 Å². The minimum absolute atomic E-state index is 0.134.